The van der Waals surface area contributed by atoms with Crippen molar-refractivity contribution in [2.45, 2.75) is 32.3 Å². The van der Waals surface area contributed by atoms with Gasteiger partial charge in [0, 0.05) is 50.2 Å². The molecule has 2 aliphatic heterocycles. The number of hydrogen-bond acceptors (Lipinski definition) is 5. The highest BCUT2D eigenvalue weighted by molar-refractivity contribution is 6.39. The number of amides is 3. The Labute approximate surface area is 187 Å². The third kappa shape index (κ3) is 4.45. The van der Waals surface area contributed by atoms with Gasteiger partial charge in [-0.3, -0.25) is 14.4 Å². The zero-order valence-electron chi connectivity index (χ0n) is 18.4. The highest BCUT2D eigenvalue weighted by atomic mass is 16.3. The second-order valence-electron chi connectivity index (χ2n) is 8.39. The molecule has 0 radical (unpaired) electrons. The van der Waals surface area contributed by atoms with Gasteiger partial charge in [-0.05, 0) is 54.7 Å². The van der Waals surface area contributed by atoms with E-state index in [4.69, 9.17) is 0 Å². The van der Waals surface area contributed by atoms with Gasteiger partial charge in [0.25, 0.3) is 0 Å². The van der Waals surface area contributed by atoms with Crippen molar-refractivity contribution in [1.29, 1.82) is 0 Å². The lowest BCUT2D eigenvalue weighted by Gasteiger charge is -2.19. The number of carbonyl (C=O) groups is 3. The average molecular weight is 437 g/mol. The molecule has 2 aliphatic rings. The monoisotopic (exact) mass is 436 g/mol. The number of anilines is 3. The van der Waals surface area contributed by atoms with Gasteiger partial charge in [0.15, 0.2) is 0 Å². The van der Waals surface area contributed by atoms with Crippen molar-refractivity contribution in [2.24, 2.45) is 0 Å². The molecule has 0 bridgehead atoms. The predicted molar refractivity (Wildman–Crippen MR) is 123 cm³/mol. The molecule has 2 heterocycles. The SMILES string of the molecule is Cc1ccc(NC(=O)C(=O)NCC(O)c2ccc3c(c2)CCN3C)cc1N1CCCC1=O. The number of rotatable bonds is 5. The molecular formula is C24H28N4O4. The Kier molecular flexibility index (Phi) is 6.14. The number of nitrogens with one attached hydrogen (secondary N) is 2. The molecule has 0 spiro atoms. The third-order valence-electron chi connectivity index (χ3n) is 6.11. The summed E-state index contributed by atoms with van der Waals surface area (Å²) < 4.78 is 0. The van der Waals surface area contributed by atoms with Gasteiger partial charge in [0.2, 0.25) is 5.91 Å². The Morgan fingerprint density at radius 3 is 2.62 bits per heavy atom. The Hall–Kier alpha value is -3.39. The van der Waals surface area contributed by atoms with Crippen LogP contribution in [0.5, 0.6) is 0 Å². The average Bonchev–Trinajstić information content (AvgIpc) is 3.38. The van der Waals surface area contributed by atoms with Crippen molar-refractivity contribution >= 4 is 34.8 Å². The number of aliphatic hydroxyl groups excluding tert-OH is 1. The number of benzene rings is 2. The van der Waals surface area contributed by atoms with Gasteiger partial charge in [0.1, 0.15) is 0 Å². The van der Waals surface area contributed by atoms with Crippen LogP contribution in [0.15, 0.2) is 36.4 Å². The zero-order chi connectivity index (χ0) is 22.8. The Morgan fingerprint density at radius 1 is 1.06 bits per heavy atom. The first-order valence-electron chi connectivity index (χ1n) is 10.9. The van der Waals surface area contributed by atoms with Crippen LogP contribution in [0.1, 0.15) is 35.6 Å². The number of carbonyl (C=O) groups excluding carboxylic acids is 3. The normalized spacial score (nSPS) is 16.2. The summed E-state index contributed by atoms with van der Waals surface area (Å²) in [7, 11) is 2.03. The fourth-order valence-electron chi connectivity index (χ4n) is 4.25. The van der Waals surface area contributed by atoms with Crippen molar-refractivity contribution in [3.8, 4) is 0 Å². The summed E-state index contributed by atoms with van der Waals surface area (Å²) in [6.45, 7) is 3.42. The van der Waals surface area contributed by atoms with Crippen LogP contribution >= 0.6 is 0 Å². The topological polar surface area (TPSA) is 102 Å². The van der Waals surface area contributed by atoms with Crippen molar-refractivity contribution in [3.63, 3.8) is 0 Å². The van der Waals surface area contributed by atoms with Crippen LogP contribution in [0.4, 0.5) is 17.1 Å². The van der Waals surface area contributed by atoms with Gasteiger partial charge in [-0.2, -0.15) is 0 Å². The molecule has 3 N–H and O–H groups in total. The highest BCUT2D eigenvalue weighted by Crippen LogP contribution is 2.30. The largest absolute Gasteiger partial charge is 0.387 e. The number of likely N-dealkylation sites (N-methyl/N-ethyl adjacent to an activating group) is 1. The molecular weight excluding hydrogens is 408 g/mol. The summed E-state index contributed by atoms with van der Waals surface area (Å²) in [6, 6.07) is 11.0. The molecule has 2 aromatic rings. The van der Waals surface area contributed by atoms with Gasteiger partial charge < -0.3 is 25.5 Å². The van der Waals surface area contributed by atoms with Gasteiger partial charge in [-0.25, -0.2) is 0 Å². The van der Waals surface area contributed by atoms with E-state index in [1.807, 2.05) is 38.2 Å². The summed E-state index contributed by atoms with van der Waals surface area (Å²) in [6.07, 6.45) is 1.33. The van der Waals surface area contributed by atoms with E-state index in [0.29, 0.717) is 24.2 Å². The second kappa shape index (κ2) is 9.00. The van der Waals surface area contributed by atoms with Crippen LogP contribution in [0.2, 0.25) is 0 Å². The van der Waals surface area contributed by atoms with Crippen LogP contribution in [0, 0.1) is 6.92 Å². The maximum atomic E-state index is 12.3. The number of nitrogens with zero attached hydrogens (tertiary/aromatic N) is 2. The van der Waals surface area contributed by atoms with Crippen molar-refractivity contribution in [3.05, 3.63) is 53.1 Å². The predicted octanol–water partition coefficient (Wildman–Crippen LogP) is 1.90. The number of aryl methyl sites for hydroxylation is 1. The van der Waals surface area contributed by atoms with Gasteiger partial charge in [-0.15, -0.1) is 0 Å². The van der Waals surface area contributed by atoms with Crippen LogP contribution in [-0.2, 0) is 20.8 Å². The summed E-state index contributed by atoms with van der Waals surface area (Å²) in [5.74, 6) is -1.60. The maximum Gasteiger partial charge on any atom is 0.313 e. The van der Waals surface area contributed by atoms with E-state index in [0.717, 1.165) is 36.3 Å². The molecule has 1 atom stereocenters. The minimum Gasteiger partial charge on any atom is -0.387 e. The summed E-state index contributed by atoms with van der Waals surface area (Å²) >= 11 is 0. The van der Waals surface area contributed by atoms with Crippen molar-refractivity contribution in [1.82, 2.24) is 5.32 Å². The summed E-state index contributed by atoms with van der Waals surface area (Å²) in [5, 5.41) is 15.5. The number of fused-ring (bicyclic) bond motifs is 1. The van der Waals surface area contributed by atoms with E-state index in [-0.39, 0.29) is 12.5 Å². The third-order valence-corrected chi connectivity index (χ3v) is 6.11. The lowest BCUT2D eigenvalue weighted by Crippen LogP contribution is -2.37. The number of aliphatic hydroxyl groups is 1. The van der Waals surface area contributed by atoms with Gasteiger partial charge >= 0.3 is 11.8 Å². The quantitative estimate of drug-likeness (QED) is 0.622. The molecule has 1 unspecified atom stereocenters. The van der Waals surface area contributed by atoms with Gasteiger partial charge in [-0.1, -0.05) is 18.2 Å². The van der Waals surface area contributed by atoms with E-state index >= 15 is 0 Å². The molecule has 168 valence electrons. The van der Waals surface area contributed by atoms with E-state index in [2.05, 4.69) is 15.5 Å². The minimum absolute atomic E-state index is 0.0570. The van der Waals surface area contributed by atoms with Crippen LogP contribution in [0.3, 0.4) is 0 Å². The molecule has 3 amide bonds. The molecule has 4 rings (SSSR count). The maximum absolute atomic E-state index is 12.3. The molecule has 0 aromatic heterocycles. The van der Waals surface area contributed by atoms with E-state index in [9.17, 15) is 19.5 Å². The second-order valence-corrected chi connectivity index (χ2v) is 8.39. The van der Waals surface area contributed by atoms with Crippen molar-refractivity contribution in [2.75, 3.05) is 41.8 Å². The Morgan fingerprint density at radius 2 is 1.88 bits per heavy atom. The first kappa shape index (κ1) is 21.8. The molecule has 0 aliphatic carbocycles. The molecule has 2 aromatic carbocycles. The first-order chi connectivity index (χ1) is 15.3. The molecule has 8 nitrogen and oxygen atoms in total. The minimum atomic E-state index is -0.907. The van der Waals surface area contributed by atoms with E-state index in [1.165, 1.54) is 5.56 Å². The first-order valence-corrected chi connectivity index (χ1v) is 10.9. The van der Waals surface area contributed by atoms with Crippen molar-refractivity contribution < 1.29 is 19.5 Å². The summed E-state index contributed by atoms with van der Waals surface area (Å²) in [5.41, 5.74) is 5.12. The number of hydrogen-bond donors (Lipinski definition) is 3. The van der Waals surface area contributed by atoms with Crippen LogP contribution in [0.25, 0.3) is 0 Å². The van der Waals surface area contributed by atoms with Crippen LogP contribution < -0.4 is 20.4 Å². The Bertz CT molecular complexity index is 1070. The summed E-state index contributed by atoms with van der Waals surface area (Å²) in [4.78, 5) is 40.5. The molecule has 8 heteroatoms. The molecule has 0 saturated carbocycles. The van der Waals surface area contributed by atoms with E-state index in [1.54, 1.807) is 17.0 Å². The molecule has 1 fully saturated rings. The fraction of sp³-hybridized carbons (Fsp3) is 0.375. The molecule has 1 saturated heterocycles. The highest BCUT2D eigenvalue weighted by Gasteiger charge is 2.24. The standard InChI is InChI=1S/C24H28N4O4/c1-15-5-7-18(13-20(15)28-10-3-4-22(28)30)26-24(32)23(31)25-14-21(29)17-6-8-19-16(12-17)9-11-27(19)2/h5-8,12-13,21,29H,3-4,9-11,14H2,1-2H3,(H,25,31)(H,26,32). The zero-order valence-corrected chi connectivity index (χ0v) is 18.4. The Balaban J connectivity index is 1.34. The van der Waals surface area contributed by atoms with E-state index < -0.39 is 17.9 Å². The van der Waals surface area contributed by atoms with Crippen LogP contribution in [-0.4, -0.2) is 49.5 Å². The van der Waals surface area contributed by atoms with Gasteiger partial charge in [0.05, 0.1) is 6.10 Å². The smallest absolute Gasteiger partial charge is 0.313 e. The lowest BCUT2D eigenvalue weighted by molar-refractivity contribution is -0.136. The molecule has 32 heavy (non-hydrogen) atoms. The lowest BCUT2D eigenvalue weighted by atomic mass is 10.0. The fourth-order valence-corrected chi connectivity index (χ4v) is 4.25.